The molecule has 0 bridgehead atoms. The lowest BCUT2D eigenvalue weighted by molar-refractivity contribution is 0.102. The van der Waals surface area contributed by atoms with E-state index in [0.717, 1.165) is 17.0 Å². The lowest BCUT2D eigenvalue weighted by Gasteiger charge is -2.10. The number of nitrogens with one attached hydrogen (secondary N) is 2. The Morgan fingerprint density at radius 2 is 1.64 bits per heavy atom. The maximum Gasteiger partial charge on any atom is 0.261 e. The highest BCUT2D eigenvalue weighted by Gasteiger charge is 2.17. The Morgan fingerprint density at radius 3 is 2.36 bits per heavy atom. The molecule has 0 heterocycles. The Labute approximate surface area is 167 Å². The summed E-state index contributed by atoms with van der Waals surface area (Å²) >= 11 is 1.55. The molecule has 0 aliphatic rings. The molecule has 3 aromatic carbocycles. The molecule has 0 saturated carbocycles. The number of hydrogen-bond acceptors (Lipinski definition) is 4. The number of hydrogen-bond donors (Lipinski definition) is 2. The molecule has 1 amide bonds. The fourth-order valence-corrected chi connectivity index (χ4v) is 4.00. The van der Waals surface area contributed by atoms with Gasteiger partial charge >= 0.3 is 0 Å². The van der Waals surface area contributed by atoms with Crippen LogP contribution < -0.4 is 10.0 Å². The van der Waals surface area contributed by atoms with Gasteiger partial charge in [-0.15, -0.1) is 11.8 Å². The molecule has 0 fully saturated rings. The molecule has 0 unspecified atom stereocenters. The molecule has 5 nitrogen and oxygen atoms in total. The molecule has 28 heavy (non-hydrogen) atoms. The van der Waals surface area contributed by atoms with Gasteiger partial charge in [0.2, 0.25) is 0 Å². The van der Waals surface area contributed by atoms with Crippen LogP contribution in [0.2, 0.25) is 0 Å². The number of sulfonamides is 1. The SMILES string of the molecule is CSc1cccc(NC(=O)c2cccc(S(=O)(=O)Nc3ccc(F)cc3)c2)c1. The molecule has 0 atom stereocenters. The average Bonchev–Trinajstić information content (AvgIpc) is 2.70. The summed E-state index contributed by atoms with van der Waals surface area (Å²) in [7, 11) is -3.92. The molecule has 0 spiro atoms. The van der Waals surface area contributed by atoms with Crippen molar-refractivity contribution in [2.75, 3.05) is 16.3 Å². The zero-order valence-corrected chi connectivity index (χ0v) is 16.5. The topological polar surface area (TPSA) is 75.3 Å². The second-order valence-electron chi connectivity index (χ2n) is 5.83. The van der Waals surface area contributed by atoms with Crippen molar-refractivity contribution in [2.24, 2.45) is 0 Å². The number of carbonyl (C=O) groups is 1. The largest absolute Gasteiger partial charge is 0.322 e. The summed E-state index contributed by atoms with van der Waals surface area (Å²) in [6.07, 6.45) is 1.93. The van der Waals surface area contributed by atoms with Crippen molar-refractivity contribution in [3.05, 3.63) is 84.2 Å². The Hall–Kier alpha value is -2.84. The van der Waals surface area contributed by atoms with Crippen molar-refractivity contribution in [2.45, 2.75) is 9.79 Å². The summed E-state index contributed by atoms with van der Waals surface area (Å²) in [5.74, 6) is -0.885. The van der Waals surface area contributed by atoms with Crippen LogP contribution in [-0.4, -0.2) is 20.6 Å². The smallest absolute Gasteiger partial charge is 0.261 e. The zero-order valence-electron chi connectivity index (χ0n) is 14.8. The van der Waals surface area contributed by atoms with Crippen molar-refractivity contribution in [1.82, 2.24) is 0 Å². The van der Waals surface area contributed by atoms with E-state index in [1.54, 1.807) is 17.8 Å². The molecule has 0 aromatic heterocycles. The summed E-state index contributed by atoms with van der Waals surface area (Å²) in [5.41, 5.74) is 1.05. The van der Waals surface area contributed by atoms with Crippen molar-refractivity contribution in [3.63, 3.8) is 0 Å². The molecule has 0 aliphatic heterocycles. The van der Waals surface area contributed by atoms with E-state index in [1.165, 1.54) is 36.4 Å². The molecule has 3 aromatic rings. The van der Waals surface area contributed by atoms with E-state index in [4.69, 9.17) is 0 Å². The number of anilines is 2. The van der Waals surface area contributed by atoms with Crippen LogP contribution in [-0.2, 0) is 10.0 Å². The molecule has 8 heteroatoms. The van der Waals surface area contributed by atoms with Gasteiger partial charge in [-0.05, 0) is 66.9 Å². The first-order chi connectivity index (χ1) is 13.4. The van der Waals surface area contributed by atoms with Gasteiger partial charge < -0.3 is 5.32 Å². The molecule has 0 radical (unpaired) electrons. The predicted molar refractivity (Wildman–Crippen MR) is 110 cm³/mol. The van der Waals surface area contributed by atoms with Crippen molar-refractivity contribution >= 4 is 39.1 Å². The van der Waals surface area contributed by atoms with Gasteiger partial charge in [-0.25, -0.2) is 12.8 Å². The number of thioether (sulfide) groups is 1. The van der Waals surface area contributed by atoms with Crippen LogP contribution in [0.4, 0.5) is 15.8 Å². The van der Waals surface area contributed by atoms with Crippen LogP contribution in [0.5, 0.6) is 0 Å². The fraction of sp³-hybridized carbons (Fsp3) is 0.0500. The maximum absolute atomic E-state index is 13.0. The Kier molecular flexibility index (Phi) is 6.01. The lowest BCUT2D eigenvalue weighted by Crippen LogP contribution is -2.16. The van der Waals surface area contributed by atoms with Gasteiger partial charge in [-0.1, -0.05) is 12.1 Å². The predicted octanol–water partition coefficient (Wildman–Crippen LogP) is 4.60. The van der Waals surface area contributed by atoms with E-state index in [-0.39, 0.29) is 16.1 Å². The van der Waals surface area contributed by atoms with Crippen LogP contribution in [0, 0.1) is 5.82 Å². The molecule has 0 aliphatic carbocycles. The summed E-state index contributed by atoms with van der Waals surface area (Å²) in [6, 6.07) is 18.0. The first kappa shape index (κ1) is 19.9. The summed E-state index contributed by atoms with van der Waals surface area (Å²) in [4.78, 5) is 13.4. The minimum atomic E-state index is -3.92. The van der Waals surface area contributed by atoms with Gasteiger partial charge in [0.1, 0.15) is 5.82 Å². The second-order valence-corrected chi connectivity index (χ2v) is 8.39. The van der Waals surface area contributed by atoms with Crippen LogP contribution in [0.3, 0.4) is 0 Å². The standard InChI is InChI=1S/C20H17FN2O3S2/c1-27-18-6-3-5-17(13-18)22-20(24)14-4-2-7-19(12-14)28(25,26)23-16-10-8-15(21)9-11-16/h2-13,23H,1H3,(H,22,24). The Morgan fingerprint density at radius 1 is 0.929 bits per heavy atom. The summed E-state index contributed by atoms with van der Waals surface area (Å²) in [5, 5.41) is 2.76. The highest BCUT2D eigenvalue weighted by atomic mass is 32.2. The minimum Gasteiger partial charge on any atom is -0.322 e. The normalized spacial score (nSPS) is 11.1. The molecule has 144 valence electrons. The average molecular weight is 416 g/mol. The number of benzene rings is 3. The van der Waals surface area contributed by atoms with Crippen molar-refractivity contribution in [3.8, 4) is 0 Å². The number of amides is 1. The van der Waals surface area contributed by atoms with Crippen LogP contribution in [0.1, 0.15) is 10.4 Å². The van der Waals surface area contributed by atoms with Crippen molar-refractivity contribution in [1.29, 1.82) is 0 Å². The van der Waals surface area contributed by atoms with E-state index in [2.05, 4.69) is 10.0 Å². The molecule has 2 N–H and O–H groups in total. The third kappa shape index (κ3) is 4.90. The Balaban J connectivity index is 1.80. The van der Waals surface area contributed by atoms with E-state index in [9.17, 15) is 17.6 Å². The van der Waals surface area contributed by atoms with Gasteiger partial charge in [-0.2, -0.15) is 0 Å². The fourth-order valence-electron chi connectivity index (χ4n) is 2.44. The molecule has 0 saturated heterocycles. The van der Waals surface area contributed by atoms with E-state index in [0.29, 0.717) is 5.69 Å². The van der Waals surface area contributed by atoms with Gasteiger partial charge in [-0.3, -0.25) is 9.52 Å². The van der Waals surface area contributed by atoms with Crippen molar-refractivity contribution < 1.29 is 17.6 Å². The van der Waals surface area contributed by atoms with Gasteiger partial charge in [0.05, 0.1) is 4.90 Å². The second kappa shape index (κ2) is 8.45. The third-order valence-electron chi connectivity index (χ3n) is 3.83. The number of halogens is 1. The van der Waals surface area contributed by atoms with Gasteiger partial charge in [0.15, 0.2) is 0 Å². The van der Waals surface area contributed by atoms with Crippen LogP contribution >= 0.6 is 11.8 Å². The van der Waals surface area contributed by atoms with E-state index < -0.39 is 21.7 Å². The van der Waals surface area contributed by atoms with Crippen LogP contribution in [0.25, 0.3) is 0 Å². The monoisotopic (exact) mass is 416 g/mol. The third-order valence-corrected chi connectivity index (χ3v) is 5.93. The molecular formula is C20H17FN2O3S2. The Bertz CT molecular complexity index is 1100. The number of rotatable bonds is 6. The molecule has 3 rings (SSSR count). The summed E-state index contributed by atoms with van der Waals surface area (Å²) < 4.78 is 40.5. The first-order valence-corrected chi connectivity index (χ1v) is 10.9. The molecular weight excluding hydrogens is 399 g/mol. The highest BCUT2D eigenvalue weighted by Crippen LogP contribution is 2.21. The van der Waals surface area contributed by atoms with E-state index in [1.807, 2.05) is 24.5 Å². The van der Waals surface area contributed by atoms with Gasteiger partial charge in [0.25, 0.3) is 15.9 Å². The van der Waals surface area contributed by atoms with E-state index >= 15 is 0 Å². The minimum absolute atomic E-state index is 0.0673. The van der Waals surface area contributed by atoms with Crippen LogP contribution in [0.15, 0.2) is 82.6 Å². The lowest BCUT2D eigenvalue weighted by atomic mass is 10.2. The quantitative estimate of drug-likeness (QED) is 0.576. The number of carbonyl (C=O) groups excluding carboxylic acids is 1. The summed E-state index contributed by atoms with van der Waals surface area (Å²) in [6.45, 7) is 0. The first-order valence-electron chi connectivity index (χ1n) is 8.21. The zero-order chi connectivity index (χ0) is 20.1. The maximum atomic E-state index is 13.0. The van der Waals surface area contributed by atoms with Gasteiger partial charge in [0, 0.05) is 21.8 Å². The highest BCUT2D eigenvalue weighted by molar-refractivity contribution is 7.98.